The summed E-state index contributed by atoms with van der Waals surface area (Å²) in [6, 6.07) is 12.1. The van der Waals surface area contributed by atoms with Gasteiger partial charge in [-0.2, -0.15) is 0 Å². The van der Waals surface area contributed by atoms with E-state index in [0.717, 1.165) is 11.3 Å². The topological polar surface area (TPSA) is 107 Å². The van der Waals surface area contributed by atoms with E-state index in [-0.39, 0.29) is 12.1 Å². The number of primary amides is 1. The van der Waals surface area contributed by atoms with Crippen LogP contribution in [0.4, 0.5) is 15.8 Å². The molecule has 168 valence electrons. The van der Waals surface area contributed by atoms with Gasteiger partial charge in [-0.25, -0.2) is 14.2 Å². The van der Waals surface area contributed by atoms with Crippen molar-refractivity contribution in [2.75, 3.05) is 18.4 Å². The molecule has 0 unspecified atom stereocenters. The number of nitrogens with two attached hydrogens (primary N) is 1. The zero-order valence-electron chi connectivity index (χ0n) is 17.8. The van der Waals surface area contributed by atoms with Crippen molar-refractivity contribution in [3.63, 3.8) is 0 Å². The van der Waals surface area contributed by atoms with E-state index in [1.165, 1.54) is 12.4 Å². The molecule has 2 aromatic heterocycles. The Morgan fingerprint density at radius 3 is 2.73 bits per heavy atom. The number of amides is 1. The number of nitrogens with zero attached hydrogens (tertiary/aromatic N) is 3. The molecule has 0 spiro atoms. The van der Waals surface area contributed by atoms with Gasteiger partial charge >= 0.3 is 0 Å². The molecule has 8 nitrogen and oxygen atoms in total. The standard InChI is InChI=1S/C24H23FN6O2/c1-27-16-4-7-23(30-12-16)33-18-5-2-15(3-6-18)10-17-11-22(19(13-29-17)24(26)32)31-21-8-9-28-14-20(21)25/h2-7,11-13,20-21,28H,8-10,14H2,(H2,26,32)(H,29,31)/t20-,21+/m0/s1. The van der Waals surface area contributed by atoms with Gasteiger partial charge in [-0.15, -0.1) is 0 Å². The summed E-state index contributed by atoms with van der Waals surface area (Å²) in [6.45, 7) is 7.94. The Labute approximate surface area is 190 Å². The van der Waals surface area contributed by atoms with Gasteiger partial charge in [0.25, 0.3) is 5.91 Å². The Morgan fingerprint density at radius 2 is 2.06 bits per heavy atom. The van der Waals surface area contributed by atoms with Crippen LogP contribution in [-0.4, -0.2) is 41.2 Å². The molecule has 3 heterocycles. The molecular weight excluding hydrogens is 423 g/mol. The Kier molecular flexibility index (Phi) is 6.76. The molecule has 1 saturated heterocycles. The molecule has 33 heavy (non-hydrogen) atoms. The highest BCUT2D eigenvalue weighted by Gasteiger charge is 2.25. The van der Waals surface area contributed by atoms with Gasteiger partial charge in [0.05, 0.1) is 23.9 Å². The number of pyridine rings is 2. The molecule has 1 fully saturated rings. The first-order chi connectivity index (χ1) is 16.0. The summed E-state index contributed by atoms with van der Waals surface area (Å²) < 4.78 is 20.0. The number of rotatable bonds is 7. The molecule has 1 amide bonds. The number of benzene rings is 1. The normalized spacial score (nSPS) is 17.7. The van der Waals surface area contributed by atoms with Crippen LogP contribution in [0.2, 0.25) is 0 Å². The highest BCUT2D eigenvalue weighted by atomic mass is 19.1. The summed E-state index contributed by atoms with van der Waals surface area (Å²) in [5, 5.41) is 6.16. The predicted octanol–water partition coefficient (Wildman–Crippen LogP) is 3.62. The van der Waals surface area contributed by atoms with Gasteiger partial charge in [-0.3, -0.25) is 9.78 Å². The fourth-order valence-electron chi connectivity index (χ4n) is 3.60. The number of carbonyl (C=O) groups excluding carboxylic acids is 1. The Bertz CT molecular complexity index is 1160. The minimum atomic E-state index is -1.06. The van der Waals surface area contributed by atoms with Crippen molar-refractivity contribution in [2.24, 2.45) is 5.73 Å². The summed E-state index contributed by atoms with van der Waals surface area (Å²) in [4.78, 5) is 23.6. The number of nitrogens with one attached hydrogen (secondary N) is 2. The van der Waals surface area contributed by atoms with Crippen molar-refractivity contribution in [1.29, 1.82) is 0 Å². The van der Waals surface area contributed by atoms with Gasteiger partial charge in [-0.05, 0) is 48.9 Å². The highest BCUT2D eigenvalue weighted by Crippen LogP contribution is 2.24. The SMILES string of the molecule is [C-]#[N+]c1ccc(Oc2ccc(Cc3cc(N[C@@H]4CCNC[C@@H]4F)c(C(N)=O)cn3)cc2)nc1. The summed E-state index contributed by atoms with van der Waals surface area (Å²) in [6.07, 6.45) is 2.95. The quantitative estimate of drug-likeness (QED) is 0.479. The van der Waals surface area contributed by atoms with Gasteiger partial charge in [0.15, 0.2) is 0 Å². The molecular formula is C24H23FN6O2. The molecule has 9 heteroatoms. The van der Waals surface area contributed by atoms with Crippen LogP contribution in [0, 0.1) is 6.57 Å². The van der Waals surface area contributed by atoms with E-state index in [4.69, 9.17) is 17.0 Å². The number of hydrogen-bond donors (Lipinski definition) is 3. The molecule has 4 N–H and O–H groups in total. The number of carbonyl (C=O) groups is 1. The predicted molar refractivity (Wildman–Crippen MR) is 122 cm³/mol. The fraction of sp³-hybridized carbons (Fsp3) is 0.250. The van der Waals surface area contributed by atoms with E-state index in [0.29, 0.717) is 42.4 Å². The minimum Gasteiger partial charge on any atom is -0.439 e. The van der Waals surface area contributed by atoms with Gasteiger partial charge < -0.3 is 21.1 Å². The maximum atomic E-state index is 14.3. The van der Waals surface area contributed by atoms with Gasteiger partial charge in [0.2, 0.25) is 11.6 Å². The third-order valence-electron chi connectivity index (χ3n) is 5.36. The van der Waals surface area contributed by atoms with Crippen LogP contribution < -0.4 is 21.1 Å². The number of ether oxygens (including phenoxy) is 1. The number of hydrogen-bond acceptors (Lipinski definition) is 6. The van der Waals surface area contributed by atoms with Crippen molar-refractivity contribution < 1.29 is 13.9 Å². The lowest BCUT2D eigenvalue weighted by atomic mass is 10.0. The Hall–Kier alpha value is -4.03. The zero-order chi connectivity index (χ0) is 23.2. The first kappa shape index (κ1) is 22.2. The lowest BCUT2D eigenvalue weighted by Gasteiger charge is -2.29. The molecule has 0 saturated carbocycles. The van der Waals surface area contributed by atoms with E-state index in [9.17, 15) is 9.18 Å². The number of halogens is 1. The molecule has 1 aromatic carbocycles. The summed E-state index contributed by atoms with van der Waals surface area (Å²) in [5.74, 6) is 0.403. The van der Waals surface area contributed by atoms with E-state index in [1.807, 2.05) is 24.3 Å². The first-order valence-electron chi connectivity index (χ1n) is 10.5. The van der Waals surface area contributed by atoms with Crippen molar-refractivity contribution >= 4 is 17.3 Å². The maximum Gasteiger partial charge on any atom is 0.252 e. The van der Waals surface area contributed by atoms with Crippen molar-refractivity contribution in [2.45, 2.75) is 25.1 Å². The average molecular weight is 446 g/mol. The van der Waals surface area contributed by atoms with E-state index in [2.05, 4.69) is 25.4 Å². The van der Waals surface area contributed by atoms with Gasteiger partial charge in [-0.1, -0.05) is 12.1 Å². The third kappa shape index (κ3) is 5.61. The van der Waals surface area contributed by atoms with E-state index < -0.39 is 18.1 Å². The van der Waals surface area contributed by atoms with Crippen molar-refractivity contribution in [1.82, 2.24) is 15.3 Å². The second kappa shape index (κ2) is 10.1. The molecule has 1 aliphatic rings. The number of aromatic nitrogens is 2. The molecule has 0 aliphatic carbocycles. The lowest BCUT2D eigenvalue weighted by Crippen LogP contribution is -2.45. The second-order valence-electron chi connectivity index (χ2n) is 7.73. The average Bonchev–Trinajstić information content (AvgIpc) is 2.82. The number of alkyl halides is 1. The molecule has 0 radical (unpaired) electrons. The van der Waals surface area contributed by atoms with Crippen molar-refractivity contribution in [3.8, 4) is 11.6 Å². The van der Waals surface area contributed by atoms with Crippen LogP contribution in [0.1, 0.15) is 28.0 Å². The van der Waals surface area contributed by atoms with Crippen LogP contribution in [0.15, 0.2) is 54.9 Å². The monoisotopic (exact) mass is 446 g/mol. The second-order valence-corrected chi connectivity index (χ2v) is 7.73. The smallest absolute Gasteiger partial charge is 0.252 e. The van der Waals surface area contributed by atoms with Gasteiger partial charge in [0.1, 0.15) is 11.9 Å². The van der Waals surface area contributed by atoms with Crippen LogP contribution in [0.5, 0.6) is 11.6 Å². The molecule has 3 aromatic rings. The summed E-state index contributed by atoms with van der Waals surface area (Å²) in [5.41, 5.74) is 8.38. The fourth-order valence-corrected chi connectivity index (χ4v) is 3.60. The van der Waals surface area contributed by atoms with E-state index >= 15 is 0 Å². The van der Waals surface area contributed by atoms with Crippen LogP contribution in [-0.2, 0) is 6.42 Å². The number of piperidine rings is 1. The zero-order valence-corrected chi connectivity index (χ0v) is 17.8. The highest BCUT2D eigenvalue weighted by molar-refractivity contribution is 5.98. The summed E-state index contributed by atoms with van der Waals surface area (Å²) in [7, 11) is 0. The Morgan fingerprint density at radius 1 is 1.24 bits per heavy atom. The third-order valence-corrected chi connectivity index (χ3v) is 5.36. The molecule has 4 rings (SSSR count). The molecule has 0 bridgehead atoms. The van der Waals surface area contributed by atoms with Gasteiger partial charge in [0, 0.05) is 31.1 Å². The lowest BCUT2D eigenvalue weighted by molar-refractivity contribution is 0.100. The summed E-state index contributed by atoms with van der Waals surface area (Å²) >= 11 is 0. The van der Waals surface area contributed by atoms with Crippen LogP contribution in [0.25, 0.3) is 4.85 Å². The Balaban J connectivity index is 1.46. The molecule has 2 atom stereocenters. The maximum absolute atomic E-state index is 14.3. The number of anilines is 1. The molecule has 1 aliphatic heterocycles. The van der Waals surface area contributed by atoms with Crippen LogP contribution >= 0.6 is 0 Å². The minimum absolute atomic E-state index is 0.241. The van der Waals surface area contributed by atoms with E-state index in [1.54, 1.807) is 18.2 Å². The van der Waals surface area contributed by atoms with Crippen LogP contribution in [0.3, 0.4) is 0 Å². The van der Waals surface area contributed by atoms with Crippen molar-refractivity contribution in [3.05, 3.63) is 83.1 Å². The first-order valence-corrected chi connectivity index (χ1v) is 10.5. The largest absolute Gasteiger partial charge is 0.439 e.